The van der Waals surface area contributed by atoms with Gasteiger partial charge in [0, 0.05) is 42.1 Å². The average molecular weight is 576 g/mol. The molecule has 5 aliphatic rings. The number of fused-ring (bicyclic) bond motifs is 5. The van der Waals surface area contributed by atoms with E-state index in [1.54, 1.807) is 4.90 Å². The summed E-state index contributed by atoms with van der Waals surface area (Å²) in [5, 5.41) is 16.4. The number of hydrogen-bond donors (Lipinski definition) is 3. The van der Waals surface area contributed by atoms with E-state index in [-0.39, 0.29) is 23.8 Å². The molecule has 5 heterocycles. The summed E-state index contributed by atoms with van der Waals surface area (Å²) < 4.78 is 6.45. The minimum absolute atomic E-state index is 0.150. The normalized spacial score (nSPS) is 34.9. The molecule has 3 saturated heterocycles. The van der Waals surface area contributed by atoms with Crippen molar-refractivity contribution in [3.05, 3.63) is 41.6 Å². The van der Waals surface area contributed by atoms with Crippen LogP contribution in [0.25, 0.3) is 16.5 Å². The van der Waals surface area contributed by atoms with E-state index in [1.165, 1.54) is 15.8 Å². The molecule has 4 aliphatic heterocycles. The molecule has 1 aliphatic carbocycles. The van der Waals surface area contributed by atoms with Crippen molar-refractivity contribution in [1.29, 1.82) is 0 Å². The molecule has 3 amide bonds. The number of ether oxygens (including phenoxy) is 1. The summed E-state index contributed by atoms with van der Waals surface area (Å²) in [6.07, 6.45) is 6.87. The fraction of sp³-hybridized carbons (Fsp3) is 0.594. The molecule has 0 spiro atoms. The maximum absolute atomic E-state index is 14.4. The molecule has 7 atom stereocenters. The molecule has 0 radical (unpaired) electrons. The zero-order chi connectivity index (χ0) is 29.7. The Hall–Kier alpha value is -3.21. The van der Waals surface area contributed by atoms with Crippen molar-refractivity contribution in [2.75, 3.05) is 20.1 Å². The third-order valence-corrected chi connectivity index (χ3v) is 10.6. The maximum atomic E-state index is 14.4. The van der Waals surface area contributed by atoms with E-state index in [0.717, 1.165) is 29.5 Å². The van der Waals surface area contributed by atoms with E-state index < -0.39 is 41.5 Å². The molecule has 3 N–H and O–H groups in total. The highest BCUT2D eigenvalue weighted by Crippen LogP contribution is 2.49. The van der Waals surface area contributed by atoms with Gasteiger partial charge in [-0.15, -0.1) is 0 Å². The number of likely N-dealkylation sites (N-methyl/N-ethyl adjacent to an activating group) is 1. The smallest absolute Gasteiger partial charge is 0.281 e. The number of nitrogens with zero attached hydrogens (tertiary/aromatic N) is 3. The number of rotatable bonds is 5. The highest BCUT2D eigenvalue weighted by molar-refractivity contribution is 6.01. The number of H-pyrrole nitrogens is 1. The highest BCUT2D eigenvalue weighted by Gasteiger charge is 2.72. The predicted molar refractivity (Wildman–Crippen MR) is 156 cm³/mol. The average Bonchev–Trinajstić information content (AvgIpc) is 3.68. The van der Waals surface area contributed by atoms with Gasteiger partial charge in [-0.1, -0.05) is 52.3 Å². The minimum Gasteiger partial charge on any atom is -0.361 e. The Labute approximate surface area is 246 Å². The third kappa shape index (κ3) is 3.58. The number of aliphatic hydroxyl groups is 1. The second-order valence-electron chi connectivity index (χ2n) is 13.3. The quantitative estimate of drug-likeness (QED) is 0.504. The Morgan fingerprint density at radius 3 is 2.79 bits per heavy atom. The largest absolute Gasteiger partial charge is 0.361 e. The van der Waals surface area contributed by atoms with Crippen molar-refractivity contribution < 1.29 is 24.2 Å². The number of carbonyl (C=O) groups is 3. The number of aromatic nitrogens is 1. The van der Waals surface area contributed by atoms with E-state index in [1.807, 2.05) is 46.9 Å². The van der Waals surface area contributed by atoms with Gasteiger partial charge in [0.2, 0.25) is 17.5 Å². The number of piperazine rings is 1. The molecule has 7 rings (SSSR count). The van der Waals surface area contributed by atoms with Gasteiger partial charge in [0.25, 0.3) is 11.8 Å². The minimum atomic E-state index is -2.01. The summed E-state index contributed by atoms with van der Waals surface area (Å²) in [6, 6.07) is 4.82. The molecular formula is C32H41N5O5. The van der Waals surface area contributed by atoms with E-state index in [9.17, 15) is 19.5 Å². The van der Waals surface area contributed by atoms with Crippen molar-refractivity contribution >= 4 is 34.2 Å². The van der Waals surface area contributed by atoms with Crippen molar-refractivity contribution in [3.63, 3.8) is 0 Å². The van der Waals surface area contributed by atoms with Gasteiger partial charge < -0.3 is 20.3 Å². The van der Waals surface area contributed by atoms with E-state index in [2.05, 4.69) is 33.5 Å². The van der Waals surface area contributed by atoms with E-state index >= 15 is 0 Å². The zero-order valence-electron chi connectivity index (χ0n) is 25.0. The van der Waals surface area contributed by atoms with Crippen LogP contribution < -0.4 is 5.32 Å². The lowest BCUT2D eigenvalue weighted by Crippen LogP contribution is -2.72. The zero-order valence-corrected chi connectivity index (χ0v) is 25.0. The van der Waals surface area contributed by atoms with Gasteiger partial charge >= 0.3 is 0 Å². The lowest BCUT2D eigenvalue weighted by Gasteiger charge is -2.50. The fourth-order valence-electron chi connectivity index (χ4n) is 8.11. The van der Waals surface area contributed by atoms with Crippen LogP contribution in [0.2, 0.25) is 0 Å². The molecule has 1 aromatic heterocycles. The van der Waals surface area contributed by atoms with Crippen molar-refractivity contribution in [1.82, 2.24) is 25.0 Å². The molecule has 0 bridgehead atoms. The van der Waals surface area contributed by atoms with Crippen LogP contribution in [0, 0.1) is 17.8 Å². The van der Waals surface area contributed by atoms with Crippen LogP contribution in [0.1, 0.15) is 58.1 Å². The summed E-state index contributed by atoms with van der Waals surface area (Å²) >= 11 is 0. The SMILES string of the molecule is CC[C@@H](C)[C@@H]1C(=O)N2CCC[C@H]2[C@]2(O)O[C@](NC(=O)[C@@H]3C=C4c5cccc6[nH]cc(c56)C[C@H]4N(C)C3)(C(C)C)C(=O)N12. The van der Waals surface area contributed by atoms with Gasteiger partial charge in [0.1, 0.15) is 12.1 Å². The van der Waals surface area contributed by atoms with Crippen molar-refractivity contribution in [3.8, 4) is 0 Å². The topological polar surface area (TPSA) is 118 Å². The van der Waals surface area contributed by atoms with Crippen molar-refractivity contribution in [2.45, 2.75) is 83.1 Å². The van der Waals surface area contributed by atoms with Gasteiger partial charge in [-0.2, -0.15) is 0 Å². The van der Waals surface area contributed by atoms with Crippen LogP contribution >= 0.6 is 0 Å². The first-order valence-electron chi connectivity index (χ1n) is 15.4. The van der Waals surface area contributed by atoms with E-state index in [0.29, 0.717) is 25.9 Å². The van der Waals surface area contributed by atoms with Gasteiger partial charge in [0.15, 0.2) is 0 Å². The summed E-state index contributed by atoms with van der Waals surface area (Å²) in [7, 11) is 2.03. The molecular weight excluding hydrogens is 534 g/mol. The Balaban J connectivity index is 1.25. The lowest BCUT2D eigenvalue weighted by molar-refractivity contribution is -0.324. The second-order valence-corrected chi connectivity index (χ2v) is 13.3. The van der Waals surface area contributed by atoms with E-state index in [4.69, 9.17) is 4.74 Å². The van der Waals surface area contributed by atoms with Gasteiger partial charge in [-0.05, 0) is 55.0 Å². The Morgan fingerprint density at radius 1 is 1.26 bits per heavy atom. The number of nitrogens with one attached hydrogen (secondary N) is 2. The molecule has 2 aromatic rings. The van der Waals surface area contributed by atoms with Gasteiger partial charge in [0.05, 0.1) is 5.92 Å². The number of carbonyl (C=O) groups excluding carboxylic acids is 3. The van der Waals surface area contributed by atoms with Crippen LogP contribution in [-0.4, -0.2) is 92.4 Å². The molecule has 0 unspecified atom stereocenters. The van der Waals surface area contributed by atoms with Crippen LogP contribution in [0.3, 0.4) is 0 Å². The lowest BCUT2D eigenvalue weighted by atomic mass is 9.79. The Bertz CT molecular complexity index is 1520. The summed E-state index contributed by atoms with van der Waals surface area (Å²) in [5.74, 6) is -4.28. The second kappa shape index (κ2) is 9.39. The Kier molecular flexibility index (Phi) is 6.18. The van der Waals surface area contributed by atoms with Gasteiger partial charge in [-0.3, -0.25) is 28.9 Å². The molecule has 1 aromatic carbocycles. The van der Waals surface area contributed by atoms with Crippen LogP contribution in [0.15, 0.2) is 30.5 Å². The number of hydrogen-bond acceptors (Lipinski definition) is 6. The van der Waals surface area contributed by atoms with Crippen molar-refractivity contribution in [2.24, 2.45) is 17.8 Å². The highest BCUT2D eigenvalue weighted by atomic mass is 16.7. The summed E-state index contributed by atoms with van der Waals surface area (Å²) in [5.41, 5.74) is 2.79. The molecule has 10 nitrogen and oxygen atoms in total. The molecule has 10 heteroatoms. The fourth-order valence-corrected chi connectivity index (χ4v) is 8.11. The number of aromatic amines is 1. The first kappa shape index (κ1) is 27.6. The standard InChI is InChI=1S/C32H41N5O5/c1-6-18(4)27-29(39)36-12-8-11-25(36)32(41)37(27)30(40)31(42-32,17(2)3)34-28(38)20-13-22-21-9-7-10-23-26(21)19(15-33-23)14-24(22)35(5)16-20/h7,9-10,13,15,17-18,20,24-25,27,33,41H,6,8,11-12,14,16H2,1-5H3,(H,34,38)/t18-,20-,24-,25+,27-,31-,32+/m1/s1. The predicted octanol–water partition coefficient (Wildman–Crippen LogP) is 2.43. The maximum Gasteiger partial charge on any atom is 0.281 e. The Morgan fingerprint density at radius 2 is 2.05 bits per heavy atom. The third-order valence-electron chi connectivity index (χ3n) is 10.6. The van der Waals surface area contributed by atoms with Crippen LogP contribution in [0.4, 0.5) is 0 Å². The molecule has 3 fully saturated rings. The molecule has 42 heavy (non-hydrogen) atoms. The first-order chi connectivity index (χ1) is 20.0. The number of amides is 3. The van der Waals surface area contributed by atoms with Crippen LogP contribution in [-0.2, 0) is 25.5 Å². The first-order valence-corrected chi connectivity index (χ1v) is 15.4. The molecule has 224 valence electrons. The molecule has 0 saturated carbocycles. The van der Waals surface area contributed by atoms with Gasteiger partial charge in [-0.25, -0.2) is 0 Å². The number of benzene rings is 1. The summed E-state index contributed by atoms with van der Waals surface area (Å²) in [4.78, 5) is 50.8. The monoisotopic (exact) mass is 575 g/mol. The van der Waals surface area contributed by atoms with Crippen LogP contribution in [0.5, 0.6) is 0 Å². The summed E-state index contributed by atoms with van der Waals surface area (Å²) in [6.45, 7) is 8.50.